The largest absolute Gasteiger partial charge is 0.391 e. The number of hydrogen-bond donors (Lipinski definition) is 2. The number of pyridine rings is 1. The summed E-state index contributed by atoms with van der Waals surface area (Å²) in [5.74, 6) is 0.312. The normalized spacial score (nSPS) is 13.4. The van der Waals surface area contributed by atoms with Crippen LogP contribution in [0.25, 0.3) is 0 Å². The Bertz CT molecular complexity index is 652. The van der Waals surface area contributed by atoms with Crippen molar-refractivity contribution in [3.63, 3.8) is 0 Å². The summed E-state index contributed by atoms with van der Waals surface area (Å²) in [5, 5.41) is 24.0. The molecule has 0 aliphatic carbocycles. The van der Waals surface area contributed by atoms with Crippen molar-refractivity contribution in [2.45, 2.75) is 25.5 Å². The van der Waals surface area contributed by atoms with Crippen molar-refractivity contribution in [2.75, 3.05) is 5.32 Å². The van der Waals surface area contributed by atoms with E-state index in [0.717, 1.165) is 11.8 Å². The summed E-state index contributed by atoms with van der Waals surface area (Å²) in [6, 6.07) is 10.5. The SMILES string of the molecule is CC(Nc1ncc([N+](=O)[O-])cc1Cl)C(O)Cc1ccccc1. The first-order valence-electron chi connectivity index (χ1n) is 6.76. The van der Waals surface area contributed by atoms with Crippen LogP contribution in [0.4, 0.5) is 11.5 Å². The Hall–Kier alpha value is -2.18. The molecule has 0 aliphatic heterocycles. The van der Waals surface area contributed by atoms with E-state index in [-0.39, 0.29) is 16.8 Å². The first kappa shape index (κ1) is 16.2. The zero-order valence-electron chi connectivity index (χ0n) is 11.9. The maximum absolute atomic E-state index is 10.6. The van der Waals surface area contributed by atoms with Crippen LogP contribution in [-0.4, -0.2) is 27.2 Å². The number of benzene rings is 1. The van der Waals surface area contributed by atoms with Crippen molar-refractivity contribution in [1.82, 2.24) is 4.98 Å². The molecule has 0 spiro atoms. The van der Waals surface area contributed by atoms with Crippen LogP contribution >= 0.6 is 11.6 Å². The Kier molecular flexibility index (Phi) is 5.30. The van der Waals surface area contributed by atoms with Crippen LogP contribution in [0.5, 0.6) is 0 Å². The van der Waals surface area contributed by atoms with Crippen molar-refractivity contribution in [2.24, 2.45) is 0 Å². The number of nitro groups is 1. The fourth-order valence-electron chi connectivity index (χ4n) is 1.98. The average molecular weight is 322 g/mol. The van der Waals surface area contributed by atoms with Crippen LogP contribution in [0.3, 0.4) is 0 Å². The Labute approximate surface area is 132 Å². The maximum Gasteiger partial charge on any atom is 0.289 e. The monoisotopic (exact) mass is 321 g/mol. The third kappa shape index (κ3) is 4.16. The van der Waals surface area contributed by atoms with Crippen LogP contribution in [0.1, 0.15) is 12.5 Å². The molecule has 6 nitrogen and oxygen atoms in total. The lowest BCUT2D eigenvalue weighted by Gasteiger charge is -2.21. The zero-order valence-corrected chi connectivity index (χ0v) is 12.7. The molecular weight excluding hydrogens is 306 g/mol. The first-order valence-corrected chi connectivity index (χ1v) is 7.13. The zero-order chi connectivity index (χ0) is 16.1. The topological polar surface area (TPSA) is 88.3 Å². The molecule has 0 aliphatic rings. The lowest BCUT2D eigenvalue weighted by atomic mass is 10.0. The third-order valence-electron chi connectivity index (χ3n) is 3.27. The smallest absolute Gasteiger partial charge is 0.289 e. The number of nitrogens with zero attached hydrogens (tertiary/aromatic N) is 2. The van der Waals surface area contributed by atoms with Gasteiger partial charge in [0.1, 0.15) is 12.0 Å². The molecule has 7 heteroatoms. The molecule has 2 rings (SSSR count). The van der Waals surface area contributed by atoms with Gasteiger partial charge in [-0.25, -0.2) is 4.98 Å². The van der Waals surface area contributed by atoms with E-state index in [1.807, 2.05) is 30.3 Å². The molecule has 0 amide bonds. The highest BCUT2D eigenvalue weighted by atomic mass is 35.5. The molecule has 1 heterocycles. The second-order valence-electron chi connectivity index (χ2n) is 4.97. The molecule has 1 aromatic heterocycles. The van der Waals surface area contributed by atoms with Gasteiger partial charge in [-0.2, -0.15) is 0 Å². The molecule has 0 saturated heterocycles. The van der Waals surface area contributed by atoms with Gasteiger partial charge in [-0.05, 0) is 12.5 Å². The molecule has 0 fully saturated rings. The van der Waals surface area contributed by atoms with Gasteiger partial charge in [0.25, 0.3) is 5.69 Å². The maximum atomic E-state index is 10.6. The van der Waals surface area contributed by atoms with E-state index in [9.17, 15) is 15.2 Å². The molecule has 1 aromatic carbocycles. The standard InChI is InChI=1S/C15H16ClN3O3/c1-10(14(20)7-11-5-3-2-4-6-11)18-15-13(16)8-12(9-17-15)19(21)22/h2-6,8-10,14,20H,7H2,1H3,(H,17,18). The predicted octanol–water partition coefficient (Wildman–Crippen LogP) is 3.05. The average Bonchev–Trinajstić information content (AvgIpc) is 2.50. The molecule has 2 atom stereocenters. The summed E-state index contributed by atoms with van der Waals surface area (Å²) < 4.78 is 0. The summed E-state index contributed by atoms with van der Waals surface area (Å²) in [6.45, 7) is 1.80. The Morgan fingerprint density at radius 2 is 2.09 bits per heavy atom. The second kappa shape index (κ2) is 7.20. The molecule has 2 N–H and O–H groups in total. The van der Waals surface area contributed by atoms with Gasteiger partial charge in [0.15, 0.2) is 0 Å². The molecule has 0 radical (unpaired) electrons. The summed E-state index contributed by atoms with van der Waals surface area (Å²) in [5.41, 5.74) is 0.847. The van der Waals surface area contributed by atoms with Crippen LogP contribution in [-0.2, 0) is 6.42 Å². The number of nitrogens with one attached hydrogen (secondary N) is 1. The molecule has 0 saturated carbocycles. The van der Waals surface area contributed by atoms with Gasteiger partial charge in [-0.1, -0.05) is 41.9 Å². The molecule has 0 bridgehead atoms. The van der Waals surface area contributed by atoms with Gasteiger partial charge in [0.2, 0.25) is 0 Å². The lowest BCUT2D eigenvalue weighted by molar-refractivity contribution is -0.385. The Morgan fingerprint density at radius 3 is 2.68 bits per heavy atom. The van der Waals surface area contributed by atoms with E-state index in [1.54, 1.807) is 6.92 Å². The van der Waals surface area contributed by atoms with Crippen LogP contribution in [0, 0.1) is 10.1 Å². The molecule has 2 aromatic rings. The number of hydrogen-bond acceptors (Lipinski definition) is 5. The number of anilines is 1. The van der Waals surface area contributed by atoms with Crippen LogP contribution in [0.15, 0.2) is 42.6 Å². The van der Waals surface area contributed by atoms with Crippen molar-refractivity contribution in [3.05, 3.63) is 63.3 Å². The van der Waals surface area contributed by atoms with Gasteiger partial charge in [-0.3, -0.25) is 10.1 Å². The Morgan fingerprint density at radius 1 is 1.41 bits per heavy atom. The predicted molar refractivity (Wildman–Crippen MR) is 85.1 cm³/mol. The number of rotatable bonds is 6. The second-order valence-corrected chi connectivity index (χ2v) is 5.38. The molecule has 116 valence electrons. The van der Waals surface area contributed by atoms with Crippen molar-refractivity contribution in [1.29, 1.82) is 0 Å². The number of halogens is 1. The minimum absolute atomic E-state index is 0.146. The van der Waals surface area contributed by atoms with E-state index >= 15 is 0 Å². The van der Waals surface area contributed by atoms with Gasteiger partial charge in [0.05, 0.1) is 22.1 Å². The number of aromatic nitrogens is 1. The minimum Gasteiger partial charge on any atom is -0.391 e. The molecule has 2 unspecified atom stereocenters. The van der Waals surface area contributed by atoms with Gasteiger partial charge in [0, 0.05) is 12.5 Å². The number of aliphatic hydroxyl groups is 1. The highest BCUT2D eigenvalue weighted by Gasteiger charge is 2.18. The first-order chi connectivity index (χ1) is 10.5. The third-order valence-corrected chi connectivity index (χ3v) is 3.55. The lowest BCUT2D eigenvalue weighted by Crippen LogP contribution is -2.32. The van der Waals surface area contributed by atoms with Gasteiger partial charge < -0.3 is 10.4 Å². The molecular formula is C15H16ClN3O3. The van der Waals surface area contributed by atoms with Crippen LogP contribution in [0.2, 0.25) is 5.02 Å². The van der Waals surface area contributed by atoms with E-state index < -0.39 is 11.0 Å². The quantitative estimate of drug-likeness (QED) is 0.630. The fourth-order valence-corrected chi connectivity index (χ4v) is 2.19. The molecule has 22 heavy (non-hydrogen) atoms. The van der Waals surface area contributed by atoms with Crippen LogP contribution < -0.4 is 5.32 Å². The van der Waals surface area contributed by atoms with E-state index in [1.165, 1.54) is 6.07 Å². The van der Waals surface area contributed by atoms with Crippen molar-refractivity contribution >= 4 is 23.1 Å². The highest BCUT2D eigenvalue weighted by Crippen LogP contribution is 2.24. The highest BCUT2D eigenvalue weighted by molar-refractivity contribution is 6.33. The summed E-state index contributed by atoms with van der Waals surface area (Å²) >= 11 is 5.97. The minimum atomic E-state index is -0.643. The summed E-state index contributed by atoms with van der Waals surface area (Å²) in [6.07, 6.45) is 0.972. The van der Waals surface area contributed by atoms with Crippen molar-refractivity contribution < 1.29 is 10.0 Å². The fraction of sp³-hybridized carbons (Fsp3) is 0.267. The Balaban J connectivity index is 2.02. The number of aliphatic hydroxyl groups excluding tert-OH is 1. The van der Waals surface area contributed by atoms with Gasteiger partial charge >= 0.3 is 0 Å². The van der Waals surface area contributed by atoms with Gasteiger partial charge in [-0.15, -0.1) is 0 Å². The van der Waals surface area contributed by atoms with E-state index in [4.69, 9.17) is 11.6 Å². The van der Waals surface area contributed by atoms with Crippen molar-refractivity contribution in [3.8, 4) is 0 Å². The van der Waals surface area contributed by atoms with E-state index in [2.05, 4.69) is 10.3 Å². The summed E-state index contributed by atoms with van der Waals surface area (Å²) in [7, 11) is 0. The van der Waals surface area contributed by atoms with E-state index in [0.29, 0.717) is 12.2 Å². The summed E-state index contributed by atoms with van der Waals surface area (Å²) in [4.78, 5) is 14.0.